The minimum atomic E-state index is -9.19. The summed E-state index contributed by atoms with van der Waals surface area (Å²) in [6.45, 7) is 20.0. The van der Waals surface area contributed by atoms with E-state index in [0.717, 1.165) is 62.3 Å². The third-order valence-electron chi connectivity index (χ3n) is 21.6. The Morgan fingerprint density at radius 3 is 0.448 bits per heavy atom. The van der Waals surface area contributed by atoms with Crippen molar-refractivity contribution >= 4 is 116 Å². The van der Waals surface area contributed by atoms with Crippen LogP contribution in [-0.4, -0.2) is 206 Å². The molecule has 143 heavy (non-hydrogen) atoms. The summed E-state index contributed by atoms with van der Waals surface area (Å²) in [6.07, 6.45) is -28.8. The van der Waals surface area contributed by atoms with Gasteiger partial charge in [-0.25, -0.2) is 0 Å². The van der Waals surface area contributed by atoms with Crippen LogP contribution in [0.2, 0.25) is 0 Å². The fourth-order valence-electron chi connectivity index (χ4n) is 13.9. The Kier molecular flexibility index (Phi) is 49.7. The van der Waals surface area contributed by atoms with Crippen molar-refractivity contribution in [1.29, 1.82) is 0 Å². The minimum absolute atomic E-state index is 0.0204. The van der Waals surface area contributed by atoms with Crippen molar-refractivity contribution < 1.29 is 228 Å². The maximum Gasteiger partial charge on any atom is 0.387 e. The van der Waals surface area contributed by atoms with Crippen molar-refractivity contribution in [2.75, 3.05) is 5.08 Å². The predicted octanol–water partition coefficient (Wildman–Crippen LogP) is 40.1. The van der Waals surface area contributed by atoms with Gasteiger partial charge in [0, 0.05) is 139 Å². The first-order chi connectivity index (χ1) is 62.8. The minimum Gasteiger partial charge on any atom is -0.200 e. The van der Waals surface area contributed by atoms with Crippen LogP contribution < -0.4 is 0 Å². The summed E-state index contributed by atoms with van der Waals surface area (Å²) in [5.41, 5.74) is 0. The van der Waals surface area contributed by atoms with Crippen LogP contribution in [0.5, 0.6) is 0 Å². The number of allylic oxidation sites excluding steroid dienone is 2. The lowest BCUT2D eigenvalue weighted by Crippen LogP contribution is -2.74. The molecule has 0 rings (SSSR count). The second-order valence-electron chi connectivity index (χ2n) is 38.4. The van der Waals surface area contributed by atoms with Crippen LogP contribution in [0, 0.1) is 0 Å². The molecule has 0 aliphatic rings. The Bertz CT molecular complexity index is 3840. The lowest BCUT2D eigenvalue weighted by Gasteiger charge is -2.44. The smallest absolute Gasteiger partial charge is 0.200 e. The molecular weight excluding hydrogens is 2430 g/mol. The zero-order valence-electron chi connectivity index (χ0n) is 77.8. The van der Waals surface area contributed by atoms with Gasteiger partial charge < -0.3 is 0 Å². The molecule has 0 aliphatic carbocycles. The van der Waals surface area contributed by atoms with E-state index in [1.165, 1.54) is 32.9 Å². The van der Waals surface area contributed by atoms with Crippen molar-refractivity contribution in [3.63, 3.8) is 0 Å². The summed E-state index contributed by atoms with van der Waals surface area (Å²) in [4.78, 5) is 0. The van der Waals surface area contributed by atoms with Crippen LogP contribution in [0.1, 0.15) is 276 Å². The van der Waals surface area contributed by atoms with Gasteiger partial charge in [-0.05, 0) is 64.2 Å². The average Bonchev–Trinajstić information content (AvgIpc) is 0.689. The van der Waals surface area contributed by atoms with Crippen LogP contribution in [0.3, 0.4) is 0 Å². The predicted molar refractivity (Wildman–Crippen MR) is 468 cm³/mol. The van der Waals surface area contributed by atoms with Crippen LogP contribution in [-0.2, 0) is 0 Å². The normalized spacial score (nSPS) is 17.0. The molecule has 0 saturated heterocycles. The molecular formula is C83H110F52I2S6. The van der Waals surface area contributed by atoms with Crippen LogP contribution in [0.15, 0.2) is 25.3 Å². The van der Waals surface area contributed by atoms with Gasteiger partial charge in [0.25, 0.3) is 0 Å². The molecule has 0 aliphatic heterocycles. The van der Waals surface area contributed by atoms with E-state index in [-0.39, 0.29) is 73.8 Å². The maximum atomic E-state index is 16.5. The second kappa shape index (κ2) is 49.9. The molecule has 0 radical (unpaired) electrons. The molecule has 6 atom stereocenters. The Labute approximate surface area is 845 Å². The zero-order chi connectivity index (χ0) is 114. The van der Waals surface area contributed by atoms with E-state index in [0.29, 0.717) is 37.4 Å². The van der Waals surface area contributed by atoms with Gasteiger partial charge in [0.2, 0.25) is 0 Å². The zero-order valence-corrected chi connectivity index (χ0v) is 87.0. The standard InChI is InChI=1S/C83H110F52I2S6/c1-15-17-19-21-23-31-37-50(140-54(3,4)5)43-60(88,89)66(100,101)71(110,111)70(108,109)64(96,97)58(84,85)41-48(35-29-25-27-33-39-52(142-56(9,10)11)45-62(92,93)68(104,105)74(116,117)78(124,125)80(128,129)82(132,133)136)138-47-139-49(36-30-26-28-34-40-53(143-57(12,13)14)46-63(94,95)69(106,107)75(118,119)79(126,127)81(130,131)83(134,135)137)42-59(86,87)65(98,99)72(112,113)76(120,121)77(122,123)73(114,115)67(102,103)61(90,91)44-51(141-55(6,7)8)38-32-24-22-20-18-16-2/h15-16,48-53H,1-2,17-47H2,3-14H3. The number of hydrogen-bond donors (Lipinski definition) is 0. The van der Waals surface area contributed by atoms with Gasteiger partial charge in [0.15, 0.2) is 0 Å². The SMILES string of the molecule is C=CCCCCCCC(CC(F)(F)C(F)(F)C(F)(F)C(F)(F)C(F)(F)C(F)(F)CC(CCCCCCC(CC(F)(F)C(F)(F)C(F)(F)C(F)(F)C(F)(F)C(F)(F)I)SC(C)(C)C)SCSC(CCCCCCC(CC(F)(F)C(F)(F)C(F)(F)C(F)(F)C(F)(F)C(F)(F)I)SC(C)(C)C)CC(F)(F)C(F)(F)C(F)(F)C(F)(F)C(F)(F)C(F)(F)C(F)(F)C(F)(F)CC(CCCCCCC=C)SC(C)(C)C)SC(C)(C)C. The molecule has 856 valence electrons. The molecule has 0 aromatic heterocycles. The first-order valence-electron chi connectivity index (χ1n) is 43.2. The highest BCUT2D eigenvalue weighted by molar-refractivity contribution is 14.1. The van der Waals surface area contributed by atoms with Gasteiger partial charge in [-0.15, -0.1) is 36.7 Å². The van der Waals surface area contributed by atoms with Crippen LogP contribution in [0.25, 0.3) is 0 Å². The molecule has 0 spiro atoms. The average molecular weight is 2540 g/mol. The highest BCUT2D eigenvalue weighted by Gasteiger charge is 2.97. The van der Waals surface area contributed by atoms with Gasteiger partial charge in [-0.2, -0.15) is 275 Å². The number of unbranched alkanes of at least 4 members (excludes halogenated alkanes) is 14. The quantitative estimate of drug-likeness (QED) is 0.0148. The maximum absolute atomic E-state index is 16.5. The third kappa shape index (κ3) is 33.3. The lowest BCUT2D eigenvalue weighted by atomic mass is 9.85. The molecule has 0 saturated carbocycles. The van der Waals surface area contributed by atoms with Gasteiger partial charge in [0.05, 0.1) is 0 Å². The third-order valence-corrected chi connectivity index (χ3v) is 31.5. The van der Waals surface area contributed by atoms with Crippen molar-refractivity contribution in [2.24, 2.45) is 0 Å². The molecule has 0 aromatic carbocycles. The molecule has 6 unspecified atom stereocenters. The monoisotopic (exact) mass is 2540 g/mol. The summed E-state index contributed by atoms with van der Waals surface area (Å²) >= 11 is -2.81. The van der Waals surface area contributed by atoms with Gasteiger partial charge >= 0.3 is 150 Å². The molecule has 0 aromatic rings. The molecule has 60 heteroatoms. The summed E-state index contributed by atoms with van der Waals surface area (Å²) in [5.74, 6) is -190. The van der Waals surface area contributed by atoms with Crippen molar-refractivity contribution in [3.05, 3.63) is 25.3 Å². The molecule has 0 N–H and O–H groups in total. The van der Waals surface area contributed by atoms with E-state index in [1.807, 2.05) is 0 Å². The van der Waals surface area contributed by atoms with Crippen molar-refractivity contribution in [2.45, 2.75) is 476 Å². The van der Waals surface area contributed by atoms with E-state index in [2.05, 4.69) is 13.2 Å². The summed E-state index contributed by atoms with van der Waals surface area (Å²) < 4.78 is 776. The van der Waals surface area contributed by atoms with Crippen molar-refractivity contribution in [3.8, 4) is 0 Å². The fourth-order valence-corrected chi connectivity index (χ4v) is 24.1. The first kappa shape index (κ1) is 142. The highest BCUT2D eigenvalue weighted by atomic mass is 127. The topological polar surface area (TPSA) is 0 Å². The summed E-state index contributed by atoms with van der Waals surface area (Å²) in [7, 11) is 0. The van der Waals surface area contributed by atoms with E-state index in [4.69, 9.17) is 0 Å². The van der Waals surface area contributed by atoms with Gasteiger partial charge in [-0.1, -0.05) is 185 Å². The molecule has 0 bridgehead atoms. The number of thioether (sulfide) groups is 6. The van der Waals surface area contributed by atoms with E-state index >= 15 is 158 Å². The van der Waals surface area contributed by atoms with Crippen molar-refractivity contribution in [1.82, 2.24) is 0 Å². The molecule has 0 amide bonds. The highest BCUT2D eigenvalue weighted by Crippen LogP contribution is 2.70. The number of hydrogen-bond acceptors (Lipinski definition) is 6. The van der Waals surface area contributed by atoms with E-state index < -0.39 is 403 Å². The number of halogens is 54. The molecule has 0 heterocycles. The second-order valence-corrected chi connectivity index (χ2v) is 52.6. The largest absolute Gasteiger partial charge is 0.387 e. The Morgan fingerprint density at radius 2 is 0.308 bits per heavy atom. The molecule has 0 nitrogen and oxygen atoms in total. The van der Waals surface area contributed by atoms with E-state index in [1.54, 1.807) is 0 Å². The Balaban J connectivity index is 8.92. The van der Waals surface area contributed by atoms with E-state index in [9.17, 15) is 70.2 Å². The summed E-state index contributed by atoms with van der Waals surface area (Å²) in [5, 5.41) is -17.0. The first-order valence-corrected chi connectivity index (χ1v) is 50.9. The Morgan fingerprint density at radius 1 is 0.182 bits per heavy atom. The van der Waals surface area contributed by atoms with Crippen LogP contribution in [0.4, 0.5) is 228 Å². The van der Waals surface area contributed by atoms with Crippen LogP contribution >= 0.6 is 116 Å². The van der Waals surface area contributed by atoms with Gasteiger partial charge in [0.1, 0.15) is 0 Å². The van der Waals surface area contributed by atoms with Gasteiger partial charge in [-0.3, -0.25) is 0 Å². The number of alkyl halides is 54. The lowest BCUT2D eigenvalue weighted by molar-refractivity contribution is -0.453. The number of rotatable bonds is 70. The molecule has 0 fully saturated rings. The fraction of sp³-hybridized carbons (Fsp3) is 0.952. The summed E-state index contributed by atoms with van der Waals surface area (Å²) in [6, 6.07) is 0. The Hall–Kier alpha value is -0.600.